The van der Waals surface area contributed by atoms with Crippen LogP contribution < -0.4 is 16.0 Å². The van der Waals surface area contributed by atoms with Gasteiger partial charge in [0.05, 0.1) is 38.6 Å². The molecule has 4 saturated heterocycles. The third-order valence-electron chi connectivity index (χ3n) is 10.4. The molecule has 60 heavy (non-hydrogen) atoms. The van der Waals surface area contributed by atoms with E-state index >= 15 is 0 Å². The summed E-state index contributed by atoms with van der Waals surface area (Å²) in [5, 5.41) is 145. The zero-order valence-corrected chi connectivity index (χ0v) is 32.4. The van der Waals surface area contributed by atoms with Crippen LogP contribution in [0, 0.1) is 0 Å². The lowest BCUT2D eigenvalue weighted by Gasteiger charge is -2.51. The van der Waals surface area contributed by atoms with Gasteiger partial charge in [-0.1, -0.05) is 0 Å². The van der Waals surface area contributed by atoms with Crippen LogP contribution in [-0.2, 0) is 52.3 Å². The molecule has 4 fully saturated rings. The maximum absolute atomic E-state index is 12.9. The van der Waals surface area contributed by atoms with E-state index in [1.807, 2.05) is 0 Å². The zero-order valence-electron chi connectivity index (χ0n) is 32.4. The molecule has 4 heterocycles. The Morgan fingerprint density at radius 3 is 1.77 bits per heavy atom. The molecule has 4 rings (SSSR count). The summed E-state index contributed by atoms with van der Waals surface area (Å²) in [6.45, 7) is -0.609. The molecule has 0 aliphatic carbocycles. The van der Waals surface area contributed by atoms with Crippen molar-refractivity contribution in [1.29, 1.82) is 0 Å². The highest BCUT2D eigenvalue weighted by atomic mass is 16.8. The standard InChI is InChI=1S/C33H55N3O24/c1-9(40)34-17-12(43)4-33(32(52)53,59-27(17)20(45)13(44)5-37)60-28-22(47)15(7-39)57-31(25(28)50)58-26-19(36-11(3)42)29(51)55-16(23(26)48)8-54-30-18(35-10(2)41)24(49)21(46)14(6-38)56-30/h12-31,37-39,43-51H,4-8H2,1-3H3,(H,34,40)(H,35,41)(H,36,42)(H,52,53)/t12-,13+,14+,15+,16+,17+,18+,19+,20+,21+,22-,23-,24+,25+,26+,27+,28-,29?,30?,31?,33?/m0/s1. The molecule has 0 aromatic carbocycles. The molecule has 4 aliphatic rings. The van der Waals surface area contributed by atoms with E-state index in [0.717, 1.165) is 20.8 Å². The van der Waals surface area contributed by atoms with Gasteiger partial charge in [0.1, 0.15) is 91.4 Å². The van der Waals surface area contributed by atoms with Crippen molar-refractivity contribution >= 4 is 23.7 Å². The number of aliphatic hydroxyl groups is 12. The van der Waals surface area contributed by atoms with Gasteiger partial charge in [0, 0.05) is 27.2 Å². The summed E-state index contributed by atoms with van der Waals surface area (Å²) >= 11 is 0. The van der Waals surface area contributed by atoms with Crippen LogP contribution in [0.2, 0.25) is 0 Å². The highest BCUT2D eigenvalue weighted by Crippen LogP contribution is 2.38. The summed E-state index contributed by atoms with van der Waals surface area (Å²) in [5.74, 6) is -7.45. The van der Waals surface area contributed by atoms with E-state index in [4.69, 9.17) is 33.2 Å². The Hall–Kier alpha value is -2.88. The van der Waals surface area contributed by atoms with Crippen LogP contribution >= 0.6 is 0 Å². The minimum Gasteiger partial charge on any atom is -0.477 e. The highest BCUT2D eigenvalue weighted by Gasteiger charge is 2.60. The monoisotopic (exact) mass is 877 g/mol. The van der Waals surface area contributed by atoms with E-state index in [1.54, 1.807) is 0 Å². The Labute approximate surface area is 340 Å². The smallest absolute Gasteiger partial charge is 0.364 e. The van der Waals surface area contributed by atoms with Crippen LogP contribution in [0.15, 0.2) is 0 Å². The van der Waals surface area contributed by atoms with E-state index < -0.39 is 185 Å². The summed E-state index contributed by atoms with van der Waals surface area (Å²) in [5.41, 5.74) is 0. The van der Waals surface area contributed by atoms with Crippen molar-refractivity contribution < 1.29 is 119 Å². The van der Waals surface area contributed by atoms with E-state index in [1.165, 1.54) is 0 Å². The molecule has 27 nitrogen and oxygen atoms in total. The Bertz CT molecular complexity index is 1470. The summed E-state index contributed by atoms with van der Waals surface area (Å²) in [6, 6.07) is -4.74. The molecular weight excluding hydrogens is 822 g/mol. The largest absolute Gasteiger partial charge is 0.477 e. The van der Waals surface area contributed by atoms with Crippen molar-refractivity contribution in [1.82, 2.24) is 16.0 Å². The van der Waals surface area contributed by atoms with Gasteiger partial charge in [0.2, 0.25) is 17.7 Å². The molecular formula is C33H55N3O24. The van der Waals surface area contributed by atoms with Gasteiger partial charge >= 0.3 is 5.97 Å². The third kappa shape index (κ3) is 11.0. The maximum atomic E-state index is 12.9. The second kappa shape index (κ2) is 21.0. The minimum absolute atomic E-state index is 0.686. The molecule has 0 radical (unpaired) electrons. The van der Waals surface area contributed by atoms with Gasteiger partial charge in [-0.2, -0.15) is 0 Å². The van der Waals surface area contributed by atoms with Gasteiger partial charge in [-0.05, 0) is 0 Å². The number of ether oxygens (including phenoxy) is 7. The van der Waals surface area contributed by atoms with Crippen LogP contribution in [-0.4, -0.2) is 245 Å². The van der Waals surface area contributed by atoms with E-state index in [2.05, 4.69) is 16.0 Å². The highest BCUT2D eigenvalue weighted by molar-refractivity contribution is 5.77. The number of nitrogens with one attached hydrogen (secondary N) is 3. The molecule has 0 saturated carbocycles. The van der Waals surface area contributed by atoms with Gasteiger partial charge in [-0.3, -0.25) is 14.4 Å². The first-order valence-corrected chi connectivity index (χ1v) is 18.7. The lowest BCUT2D eigenvalue weighted by molar-refractivity contribution is -0.381. The van der Waals surface area contributed by atoms with Crippen LogP contribution in [0.3, 0.4) is 0 Å². The predicted octanol–water partition coefficient (Wildman–Crippen LogP) is -10.1. The molecule has 16 N–H and O–H groups in total. The first-order valence-electron chi connectivity index (χ1n) is 18.7. The average molecular weight is 878 g/mol. The minimum atomic E-state index is -3.13. The van der Waals surface area contributed by atoms with Crippen LogP contribution in [0.4, 0.5) is 0 Å². The molecule has 346 valence electrons. The number of carboxylic acid groups (broad SMARTS) is 1. The number of hydrogen-bond donors (Lipinski definition) is 16. The second-order valence-electron chi connectivity index (χ2n) is 14.8. The molecule has 3 amide bonds. The molecule has 4 aliphatic heterocycles. The first-order chi connectivity index (χ1) is 28.1. The van der Waals surface area contributed by atoms with Crippen molar-refractivity contribution in [2.45, 2.75) is 155 Å². The Kier molecular flexibility index (Phi) is 17.4. The lowest BCUT2D eigenvalue weighted by Crippen LogP contribution is -2.71. The molecule has 0 bridgehead atoms. The summed E-state index contributed by atoms with van der Waals surface area (Å²) < 4.78 is 39.3. The second-order valence-corrected chi connectivity index (χ2v) is 14.8. The number of aliphatic carboxylic acids is 1. The summed E-state index contributed by atoms with van der Waals surface area (Å²) in [6.07, 6.45) is -33.9. The Morgan fingerprint density at radius 2 is 1.22 bits per heavy atom. The maximum Gasteiger partial charge on any atom is 0.364 e. The summed E-state index contributed by atoms with van der Waals surface area (Å²) in [7, 11) is 0. The van der Waals surface area contributed by atoms with Gasteiger partial charge in [-0.15, -0.1) is 0 Å². The fraction of sp³-hybridized carbons (Fsp3) is 0.879. The number of carbonyl (C=O) groups is 4. The number of hydrogen-bond acceptors (Lipinski definition) is 23. The average Bonchev–Trinajstić information content (AvgIpc) is 3.18. The fourth-order valence-corrected chi connectivity index (χ4v) is 7.35. The van der Waals surface area contributed by atoms with Crippen LogP contribution in [0.1, 0.15) is 27.2 Å². The van der Waals surface area contributed by atoms with E-state index in [9.17, 15) is 85.6 Å². The fourth-order valence-electron chi connectivity index (χ4n) is 7.35. The van der Waals surface area contributed by atoms with Crippen molar-refractivity contribution in [3.05, 3.63) is 0 Å². The predicted molar refractivity (Wildman–Crippen MR) is 186 cm³/mol. The number of rotatable bonds is 16. The quantitative estimate of drug-likeness (QED) is 0.0684. The molecule has 21 atom stereocenters. The SMILES string of the molecule is CC(=O)N[C@H]1[C@H]([C@H](O)[C@H](O)CO)OC(O[C@H]2[C@@H](O)[C@@H](CO)OC(O[C@H]3[C@@H](O)[C@@H](COC4O[C@H](CO)[C@@H](O)[C@H](O)[C@H]4NC(C)=O)OC(O)[C@@H]3NC(C)=O)[C@@H]2O)(C(=O)O)C[C@@H]1O. The number of amides is 3. The van der Waals surface area contributed by atoms with Gasteiger partial charge in [0.25, 0.3) is 5.79 Å². The lowest BCUT2D eigenvalue weighted by atomic mass is 9.88. The van der Waals surface area contributed by atoms with Gasteiger partial charge in [-0.25, -0.2) is 4.79 Å². The first kappa shape index (κ1) is 49.8. The van der Waals surface area contributed by atoms with Crippen molar-refractivity contribution in [2.24, 2.45) is 0 Å². The number of aliphatic hydroxyl groups excluding tert-OH is 12. The van der Waals surface area contributed by atoms with Crippen molar-refractivity contribution in [3.8, 4) is 0 Å². The normalized spacial score (nSPS) is 43.3. The number of carboxylic acids is 1. The van der Waals surface area contributed by atoms with Gasteiger partial charge in [0.15, 0.2) is 18.9 Å². The molecule has 0 aromatic heterocycles. The van der Waals surface area contributed by atoms with E-state index in [0.29, 0.717) is 0 Å². The third-order valence-corrected chi connectivity index (χ3v) is 10.4. The van der Waals surface area contributed by atoms with Gasteiger partial charge < -0.3 is 115 Å². The topological polar surface area (TPSA) is 432 Å². The molecule has 0 spiro atoms. The van der Waals surface area contributed by atoms with E-state index in [-0.39, 0.29) is 0 Å². The summed E-state index contributed by atoms with van der Waals surface area (Å²) in [4.78, 5) is 48.8. The zero-order chi connectivity index (χ0) is 45.0. The Balaban J connectivity index is 1.63. The Morgan fingerprint density at radius 1 is 0.683 bits per heavy atom. The van der Waals surface area contributed by atoms with Crippen LogP contribution in [0.25, 0.3) is 0 Å². The van der Waals surface area contributed by atoms with Crippen LogP contribution in [0.5, 0.6) is 0 Å². The molecule has 27 heteroatoms. The number of carbonyl (C=O) groups excluding carboxylic acids is 3. The van der Waals surface area contributed by atoms with Crippen molar-refractivity contribution in [3.63, 3.8) is 0 Å². The van der Waals surface area contributed by atoms with Crippen molar-refractivity contribution in [2.75, 3.05) is 26.4 Å². The molecule has 0 aromatic rings. The molecule has 4 unspecified atom stereocenters.